The van der Waals surface area contributed by atoms with Crippen LogP contribution in [0.15, 0.2) is 198 Å². The maximum atomic E-state index is 5.53. The lowest BCUT2D eigenvalue weighted by atomic mass is 9.61. The molecule has 0 N–H and O–H groups in total. The van der Waals surface area contributed by atoms with Crippen molar-refractivity contribution < 1.29 is 0 Å². The summed E-state index contributed by atoms with van der Waals surface area (Å²) in [4.78, 5) is 11.0. The Hall–Kier alpha value is -7.10. The largest absolute Gasteiger partial charge is 0.278 e. The highest BCUT2D eigenvalue weighted by Crippen LogP contribution is 2.62. The molecule has 0 saturated carbocycles. The van der Waals surface area contributed by atoms with E-state index in [1.165, 1.54) is 66.1 Å². The molecule has 3 nitrogen and oxygen atoms in total. The SMILES string of the molecule is C1=C(c2ccccc2)N=C(n2c3ccccc3c3c4cccc5c4c(cc32)-c2ccccc2C52c3ccccc3-c3ccccc32)N=C(c2ccccc2)CC1. The number of aromatic nitrogens is 1. The normalized spacial score (nSPS) is 15.1. The summed E-state index contributed by atoms with van der Waals surface area (Å²) >= 11 is 0. The van der Waals surface area contributed by atoms with E-state index in [0.29, 0.717) is 5.96 Å². The number of nitrogens with zero attached hydrogens (tertiary/aromatic N) is 3. The maximum absolute atomic E-state index is 5.53. The number of hydrogen-bond acceptors (Lipinski definition) is 2. The van der Waals surface area contributed by atoms with Crippen LogP contribution in [0, 0.1) is 0 Å². The average molecular weight is 714 g/mol. The van der Waals surface area contributed by atoms with Crippen LogP contribution in [0.5, 0.6) is 0 Å². The minimum atomic E-state index is -0.448. The molecule has 1 aliphatic heterocycles. The molecular weight excluding hydrogens is 679 g/mol. The van der Waals surface area contributed by atoms with Crippen LogP contribution in [0.25, 0.3) is 60.5 Å². The van der Waals surface area contributed by atoms with Crippen molar-refractivity contribution in [3.8, 4) is 22.3 Å². The predicted octanol–water partition coefficient (Wildman–Crippen LogP) is 12.8. The summed E-state index contributed by atoms with van der Waals surface area (Å²) in [6.45, 7) is 0. The third kappa shape index (κ3) is 4.23. The standard InChI is InChI=1S/C53H35N3/c1-3-17-34(18-4-1)46-30-16-31-47(35-19-5-2-6-20-35)55-52(54-46)56-48-32-14-10-24-39(48)51-40-25-15-29-45-50(40)41(33-49(51)56)38-23-9-13-28-44(38)53(45)42-26-11-7-21-36(42)37-22-8-12-27-43(37)53/h1-15,17-30,32-33H,16,31H2. The van der Waals surface area contributed by atoms with Gasteiger partial charge in [-0.25, -0.2) is 9.98 Å². The third-order valence-electron chi connectivity index (χ3n) is 12.3. The van der Waals surface area contributed by atoms with Crippen LogP contribution in [-0.2, 0) is 5.41 Å². The Bertz CT molecular complexity index is 3130. The molecular formula is C53H35N3. The van der Waals surface area contributed by atoms with Gasteiger partial charge in [0.2, 0.25) is 5.96 Å². The second-order valence-corrected chi connectivity index (χ2v) is 15.1. The van der Waals surface area contributed by atoms with Gasteiger partial charge in [0, 0.05) is 10.8 Å². The van der Waals surface area contributed by atoms with Crippen molar-refractivity contribution in [2.45, 2.75) is 18.3 Å². The van der Waals surface area contributed by atoms with Crippen molar-refractivity contribution >= 4 is 49.9 Å². The number of hydrogen-bond donors (Lipinski definition) is 0. The number of para-hydroxylation sites is 1. The molecule has 2 aliphatic carbocycles. The molecule has 0 unspecified atom stereocenters. The average Bonchev–Trinajstić information content (AvgIpc) is 3.74. The number of allylic oxidation sites excluding steroid dienone is 1. The molecule has 3 aliphatic rings. The fourth-order valence-corrected chi connectivity index (χ4v) is 10.1. The first-order valence-corrected chi connectivity index (χ1v) is 19.6. The Morgan fingerprint density at radius 2 is 0.982 bits per heavy atom. The van der Waals surface area contributed by atoms with Crippen molar-refractivity contribution in [3.63, 3.8) is 0 Å². The second kappa shape index (κ2) is 11.9. The molecule has 0 bridgehead atoms. The van der Waals surface area contributed by atoms with Crippen molar-refractivity contribution in [2.75, 3.05) is 0 Å². The van der Waals surface area contributed by atoms with Gasteiger partial charge < -0.3 is 0 Å². The molecule has 0 radical (unpaired) electrons. The molecule has 9 aromatic rings. The van der Waals surface area contributed by atoms with Gasteiger partial charge in [-0.1, -0.05) is 176 Å². The lowest BCUT2D eigenvalue weighted by molar-refractivity contribution is 0.773. The van der Waals surface area contributed by atoms with Crippen LogP contribution < -0.4 is 0 Å². The van der Waals surface area contributed by atoms with Crippen LogP contribution in [0.4, 0.5) is 0 Å². The molecule has 3 heteroatoms. The predicted molar refractivity (Wildman–Crippen MR) is 233 cm³/mol. The van der Waals surface area contributed by atoms with Crippen molar-refractivity contribution in [2.24, 2.45) is 9.98 Å². The van der Waals surface area contributed by atoms with Crippen molar-refractivity contribution in [3.05, 3.63) is 221 Å². The number of rotatable bonds is 2. The molecule has 0 fully saturated rings. The number of aliphatic imine (C=N–C) groups is 2. The molecule has 56 heavy (non-hydrogen) atoms. The quantitative estimate of drug-likeness (QED) is 0.171. The lowest BCUT2D eigenvalue weighted by Crippen LogP contribution is -2.31. The summed E-state index contributed by atoms with van der Waals surface area (Å²) in [5, 5.41) is 4.98. The Morgan fingerprint density at radius 1 is 0.429 bits per heavy atom. The fraction of sp³-hybridized carbons (Fsp3) is 0.0566. The highest BCUT2D eigenvalue weighted by Gasteiger charge is 2.50. The monoisotopic (exact) mass is 713 g/mol. The van der Waals surface area contributed by atoms with Gasteiger partial charge >= 0.3 is 0 Å². The Labute approximate surface area is 325 Å². The van der Waals surface area contributed by atoms with Gasteiger partial charge in [0.25, 0.3) is 0 Å². The molecule has 1 spiro atoms. The van der Waals surface area contributed by atoms with Crippen molar-refractivity contribution in [1.29, 1.82) is 0 Å². The summed E-state index contributed by atoms with van der Waals surface area (Å²) in [7, 11) is 0. The highest BCUT2D eigenvalue weighted by molar-refractivity contribution is 6.28. The van der Waals surface area contributed by atoms with E-state index < -0.39 is 5.41 Å². The van der Waals surface area contributed by atoms with Gasteiger partial charge in [-0.2, -0.15) is 0 Å². The van der Waals surface area contributed by atoms with E-state index in [-0.39, 0.29) is 0 Å². The molecule has 2 heterocycles. The summed E-state index contributed by atoms with van der Waals surface area (Å²) in [6, 6.07) is 66.6. The summed E-state index contributed by atoms with van der Waals surface area (Å²) < 4.78 is 2.32. The van der Waals surface area contributed by atoms with E-state index in [4.69, 9.17) is 9.98 Å². The summed E-state index contributed by atoms with van der Waals surface area (Å²) in [6.07, 6.45) is 3.94. The number of fused-ring (bicyclic) bond motifs is 13. The van der Waals surface area contributed by atoms with Crippen LogP contribution in [0.2, 0.25) is 0 Å². The first-order valence-electron chi connectivity index (χ1n) is 19.6. The molecule has 0 atom stereocenters. The van der Waals surface area contributed by atoms with E-state index in [2.05, 4.69) is 193 Å². The first-order chi connectivity index (χ1) is 27.8. The zero-order valence-corrected chi connectivity index (χ0v) is 30.7. The van der Waals surface area contributed by atoms with Crippen LogP contribution >= 0.6 is 0 Å². The second-order valence-electron chi connectivity index (χ2n) is 15.1. The minimum Gasteiger partial charge on any atom is -0.278 e. The fourth-order valence-electron chi connectivity index (χ4n) is 10.1. The molecule has 0 amide bonds. The van der Waals surface area contributed by atoms with Gasteiger partial charge in [-0.05, 0) is 91.4 Å². The van der Waals surface area contributed by atoms with Crippen LogP contribution in [0.3, 0.4) is 0 Å². The van der Waals surface area contributed by atoms with Gasteiger partial charge in [-0.3, -0.25) is 4.57 Å². The zero-order chi connectivity index (χ0) is 36.8. The van der Waals surface area contributed by atoms with Crippen LogP contribution in [-0.4, -0.2) is 16.2 Å². The topological polar surface area (TPSA) is 29.6 Å². The lowest BCUT2D eigenvalue weighted by Gasteiger charge is -2.40. The van der Waals surface area contributed by atoms with Gasteiger partial charge in [0.15, 0.2) is 0 Å². The Morgan fingerprint density at radius 3 is 1.68 bits per heavy atom. The smallest absolute Gasteiger partial charge is 0.235 e. The van der Waals surface area contributed by atoms with Crippen LogP contribution in [0.1, 0.15) is 46.2 Å². The first kappa shape index (κ1) is 31.3. The molecule has 8 aromatic carbocycles. The summed E-state index contributed by atoms with van der Waals surface area (Å²) in [5.41, 5.74) is 16.4. The minimum absolute atomic E-state index is 0.448. The van der Waals surface area contributed by atoms with E-state index in [1.54, 1.807) is 0 Å². The Kier molecular flexibility index (Phi) is 6.67. The molecule has 1 aromatic heterocycles. The van der Waals surface area contributed by atoms with E-state index >= 15 is 0 Å². The molecule has 12 rings (SSSR count). The van der Waals surface area contributed by atoms with Crippen molar-refractivity contribution in [1.82, 2.24) is 4.57 Å². The van der Waals surface area contributed by atoms with Gasteiger partial charge in [-0.15, -0.1) is 0 Å². The van der Waals surface area contributed by atoms with E-state index in [9.17, 15) is 0 Å². The van der Waals surface area contributed by atoms with Gasteiger partial charge in [0.05, 0.1) is 27.9 Å². The molecule has 0 saturated heterocycles. The third-order valence-corrected chi connectivity index (χ3v) is 12.3. The highest BCUT2D eigenvalue weighted by atomic mass is 15.2. The number of benzene rings is 8. The Balaban J connectivity index is 1.22. The van der Waals surface area contributed by atoms with Gasteiger partial charge in [0.1, 0.15) is 0 Å². The zero-order valence-electron chi connectivity index (χ0n) is 30.7. The summed E-state index contributed by atoms with van der Waals surface area (Å²) in [5.74, 6) is 0.673. The molecule has 262 valence electrons. The van der Waals surface area contributed by atoms with E-state index in [1.807, 2.05) is 0 Å². The van der Waals surface area contributed by atoms with E-state index in [0.717, 1.165) is 46.4 Å². The maximum Gasteiger partial charge on any atom is 0.235 e.